The standard InChI is InChI=1S/C26H31FN4O3/c1-17-13-18(14-23-26(17)34-12-11-33-23)15-28-19-5-8-31(9-6-19)10-7-20-21(27)16-29-22-3-4-24(32-2)30-25(20)22/h3-4,13-14,16,19,28H,5-12,15H2,1-2H3. The van der Waals surface area contributed by atoms with Crippen molar-refractivity contribution in [1.29, 1.82) is 0 Å². The fourth-order valence-electron chi connectivity index (χ4n) is 4.82. The molecule has 2 aliphatic rings. The second-order valence-electron chi connectivity index (χ2n) is 8.99. The topological polar surface area (TPSA) is 68.7 Å². The molecule has 0 saturated carbocycles. The van der Waals surface area contributed by atoms with E-state index in [9.17, 15) is 4.39 Å². The molecule has 1 N–H and O–H groups in total. The molecule has 4 heterocycles. The van der Waals surface area contributed by atoms with Crippen LogP contribution in [0.15, 0.2) is 30.5 Å². The van der Waals surface area contributed by atoms with Crippen LogP contribution in [0.2, 0.25) is 0 Å². The molecular formula is C26H31FN4O3. The van der Waals surface area contributed by atoms with Crippen LogP contribution in [-0.4, -0.2) is 60.9 Å². The van der Waals surface area contributed by atoms with E-state index in [1.54, 1.807) is 13.2 Å². The van der Waals surface area contributed by atoms with Crippen LogP contribution < -0.4 is 19.5 Å². The van der Waals surface area contributed by atoms with E-state index in [4.69, 9.17) is 14.2 Å². The summed E-state index contributed by atoms with van der Waals surface area (Å²) in [4.78, 5) is 11.0. The lowest BCUT2D eigenvalue weighted by Gasteiger charge is -2.32. The Morgan fingerprint density at radius 3 is 2.82 bits per heavy atom. The van der Waals surface area contributed by atoms with E-state index in [2.05, 4.69) is 39.2 Å². The second kappa shape index (κ2) is 10.1. The van der Waals surface area contributed by atoms with Gasteiger partial charge in [-0.15, -0.1) is 0 Å². The fourth-order valence-corrected chi connectivity index (χ4v) is 4.82. The first kappa shape index (κ1) is 22.8. The molecule has 3 aromatic rings. The molecule has 0 unspecified atom stereocenters. The highest BCUT2D eigenvalue weighted by Gasteiger charge is 2.21. The molecule has 0 atom stereocenters. The van der Waals surface area contributed by atoms with Gasteiger partial charge in [-0.1, -0.05) is 6.07 Å². The van der Waals surface area contributed by atoms with Crippen molar-refractivity contribution in [1.82, 2.24) is 20.2 Å². The number of ether oxygens (including phenoxy) is 3. The maximum Gasteiger partial charge on any atom is 0.213 e. The van der Waals surface area contributed by atoms with Crippen molar-refractivity contribution in [3.05, 3.63) is 53.0 Å². The van der Waals surface area contributed by atoms with Crippen LogP contribution in [0.3, 0.4) is 0 Å². The van der Waals surface area contributed by atoms with E-state index in [1.165, 1.54) is 11.8 Å². The zero-order valence-corrected chi connectivity index (χ0v) is 19.8. The molecule has 0 bridgehead atoms. The number of likely N-dealkylation sites (tertiary alicyclic amines) is 1. The molecule has 2 aromatic heterocycles. The number of nitrogens with zero attached hydrogens (tertiary/aromatic N) is 3. The summed E-state index contributed by atoms with van der Waals surface area (Å²) in [5.41, 5.74) is 4.22. The Labute approximate surface area is 199 Å². The minimum atomic E-state index is -0.306. The molecule has 180 valence electrons. The summed E-state index contributed by atoms with van der Waals surface area (Å²) in [6.07, 6.45) is 4.02. The molecule has 1 saturated heterocycles. The lowest BCUT2D eigenvalue weighted by Crippen LogP contribution is -2.42. The van der Waals surface area contributed by atoms with Gasteiger partial charge in [0.25, 0.3) is 0 Å². The number of benzene rings is 1. The average Bonchev–Trinajstić information content (AvgIpc) is 2.87. The van der Waals surface area contributed by atoms with E-state index < -0.39 is 0 Å². The van der Waals surface area contributed by atoms with E-state index in [-0.39, 0.29) is 5.82 Å². The third-order valence-corrected chi connectivity index (χ3v) is 6.70. The largest absolute Gasteiger partial charge is 0.486 e. The maximum atomic E-state index is 14.6. The van der Waals surface area contributed by atoms with Gasteiger partial charge in [-0.05, 0) is 62.5 Å². The van der Waals surface area contributed by atoms with Crippen LogP contribution in [0.25, 0.3) is 11.0 Å². The number of aryl methyl sites for hydroxylation is 1. The molecule has 2 aliphatic heterocycles. The Hall–Kier alpha value is -2.97. The Kier molecular flexibility index (Phi) is 6.78. The summed E-state index contributed by atoms with van der Waals surface area (Å²) in [7, 11) is 1.56. The summed E-state index contributed by atoms with van der Waals surface area (Å²) in [5, 5.41) is 3.70. The summed E-state index contributed by atoms with van der Waals surface area (Å²) in [5.74, 6) is 1.89. The number of halogens is 1. The van der Waals surface area contributed by atoms with Gasteiger partial charge in [0.15, 0.2) is 11.5 Å². The Morgan fingerprint density at radius 1 is 1.18 bits per heavy atom. The van der Waals surface area contributed by atoms with Crippen molar-refractivity contribution in [3.63, 3.8) is 0 Å². The van der Waals surface area contributed by atoms with Gasteiger partial charge >= 0.3 is 0 Å². The van der Waals surface area contributed by atoms with Gasteiger partial charge < -0.3 is 24.4 Å². The van der Waals surface area contributed by atoms with Crippen LogP contribution >= 0.6 is 0 Å². The Morgan fingerprint density at radius 2 is 2.00 bits per heavy atom. The SMILES string of the molecule is COc1ccc2ncc(F)c(CCN3CCC(NCc4cc(C)c5c(c4)OCCO5)CC3)c2n1. The van der Waals surface area contributed by atoms with E-state index in [0.29, 0.717) is 48.2 Å². The van der Waals surface area contributed by atoms with Crippen LogP contribution in [0.1, 0.15) is 29.5 Å². The van der Waals surface area contributed by atoms with Gasteiger partial charge in [0.1, 0.15) is 19.0 Å². The average molecular weight is 467 g/mol. The van der Waals surface area contributed by atoms with Crippen LogP contribution in [0, 0.1) is 12.7 Å². The molecule has 1 aromatic carbocycles. The number of aromatic nitrogens is 2. The zero-order valence-electron chi connectivity index (χ0n) is 19.8. The first-order chi connectivity index (χ1) is 16.6. The number of pyridine rings is 2. The summed E-state index contributed by atoms with van der Waals surface area (Å²) in [6, 6.07) is 8.30. The molecule has 5 rings (SSSR count). The molecule has 0 aliphatic carbocycles. The van der Waals surface area contributed by atoms with Gasteiger partial charge in [0, 0.05) is 30.8 Å². The molecule has 8 heteroatoms. The molecule has 34 heavy (non-hydrogen) atoms. The molecule has 7 nitrogen and oxygen atoms in total. The predicted octanol–water partition coefficient (Wildman–Crippen LogP) is 3.65. The quantitative estimate of drug-likeness (QED) is 0.570. The predicted molar refractivity (Wildman–Crippen MR) is 128 cm³/mol. The zero-order chi connectivity index (χ0) is 23.5. The number of nitrogens with one attached hydrogen (secondary N) is 1. The van der Waals surface area contributed by atoms with Gasteiger partial charge in [-0.3, -0.25) is 4.98 Å². The lowest BCUT2D eigenvalue weighted by atomic mass is 10.0. The number of methoxy groups -OCH3 is 1. The van der Waals surface area contributed by atoms with Crippen LogP contribution in [-0.2, 0) is 13.0 Å². The molecule has 0 amide bonds. The van der Waals surface area contributed by atoms with E-state index >= 15 is 0 Å². The van der Waals surface area contributed by atoms with Crippen LogP contribution in [0.4, 0.5) is 4.39 Å². The lowest BCUT2D eigenvalue weighted by molar-refractivity contribution is 0.170. The smallest absolute Gasteiger partial charge is 0.213 e. The number of hydrogen-bond acceptors (Lipinski definition) is 7. The van der Waals surface area contributed by atoms with Crippen molar-refractivity contribution in [3.8, 4) is 17.4 Å². The van der Waals surface area contributed by atoms with Crippen molar-refractivity contribution in [2.75, 3.05) is 40.0 Å². The monoisotopic (exact) mass is 466 g/mol. The first-order valence-electron chi connectivity index (χ1n) is 11.9. The summed E-state index contributed by atoms with van der Waals surface area (Å²) in [6.45, 7) is 6.85. The second-order valence-corrected chi connectivity index (χ2v) is 8.99. The Bertz CT molecular complexity index is 1160. The minimum absolute atomic E-state index is 0.306. The maximum absolute atomic E-state index is 14.6. The molecule has 0 radical (unpaired) electrons. The van der Waals surface area contributed by atoms with Crippen molar-refractivity contribution < 1.29 is 18.6 Å². The number of piperidine rings is 1. The van der Waals surface area contributed by atoms with Gasteiger partial charge in [0.05, 0.1) is 24.3 Å². The number of hydrogen-bond donors (Lipinski definition) is 1. The van der Waals surface area contributed by atoms with Gasteiger partial charge in [-0.2, -0.15) is 0 Å². The fraction of sp³-hybridized carbons (Fsp3) is 0.462. The third kappa shape index (κ3) is 4.93. The highest BCUT2D eigenvalue weighted by atomic mass is 19.1. The summed E-state index contributed by atoms with van der Waals surface area (Å²) >= 11 is 0. The van der Waals surface area contributed by atoms with Crippen molar-refractivity contribution in [2.45, 2.75) is 38.8 Å². The highest BCUT2D eigenvalue weighted by Crippen LogP contribution is 2.34. The number of fused-ring (bicyclic) bond motifs is 2. The summed E-state index contributed by atoms with van der Waals surface area (Å²) < 4.78 is 31.3. The molecule has 0 spiro atoms. The normalized spacial score (nSPS) is 16.7. The van der Waals surface area contributed by atoms with Crippen molar-refractivity contribution >= 4 is 11.0 Å². The van der Waals surface area contributed by atoms with E-state index in [1.807, 2.05) is 6.07 Å². The number of rotatable bonds is 7. The van der Waals surface area contributed by atoms with Crippen LogP contribution in [0.5, 0.6) is 17.4 Å². The van der Waals surface area contributed by atoms with Crippen molar-refractivity contribution in [2.24, 2.45) is 0 Å². The third-order valence-electron chi connectivity index (χ3n) is 6.70. The van der Waals surface area contributed by atoms with Gasteiger partial charge in [-0.25, -0.2) is 9.37 Å². The van der Waals surface area contributed by atoms with E-state index in [0.717, 1.165) is 56.1 Å². The van der Waals surface area contributed by atoms with Gasteiger partial charge in [0.2, 0.25) is 5.88 Å². The molecule has 1 fully saturated rings. The minimum Gasteiger partial charge on any atom is -0.486 e. The molecular weight excluding hydrogens is 435 g/mol. The Balaban J connectivity index is 1.14. The highest BCUT2D eigenvalue weighted by molar-refractivity contribution is 5.78. The first-order valence-corrected chi connectivity index (χ1v) is 11.9.